The van der Waals surface area contributed by atoms with Crippen LogP contribution in [0.4, 0.5) is 0 Å². The van der Waals surface area contributed by atoms with Crippen LogP contribution in [0.2, 0.25) is 0 Å². The Morgan fingerprint density at radius 2 is 0.960 bits per heavy atom. The average Bonchev–Trinajstić information content (AvgIpc) is 2.57. The normalized spacial score (nSPS) is 9.60. The van der Waals surface area contributed by atoms with E-state index in [1.54, 1.807) is 0 Å². The highest BCUT2D eigenvalue weighted by molar-refractivity contribution is 7.85. The van der Waals surface area contributed by atoms with Gasteiger partial charge in [0.15, 0.2) is 6.03 Å². The summed E-state index contributed by atoms with van der Waals surface area (Å²) in [6, 6.07) is 27.5. The fourth-order valence-electron chi connectivity index (χ4n) is 2.65. The fourth-order valence-corrected chi connectivity index (χ4v) is 4.18. The second-order valence-corrected chi connectivity index (χ2v) is 7.80. The minimum atomic E-state index is -0.829. The smallest absolute Gasteiger partial charge is 0.150 e. The first-order chi connectivity index (χ1) is 11.6. The lowest BCUT2D eigenvalue weighted by molar-refractivity contribution is 0.569. The molecular weight excluding hydrogens is 327 g/mol. The molecule has 0 saturated carbocycles. The van der Waals surface area contributed by atoms with E-state index in [1.807, 2.05) is 60.7 Å². The lowest BCUT2D eigenvalue weighted by Gasteiger charge is -2.10. The molecule has 0 atom stereocenters. The molecule has 0 aliphatic carbocycles. The third kappa shape index (κ3) is 6.62. The maximum Gasteiger partial charge on any atom is 0.150 e. The van der Waals surface area contributed by atoms with E-state index in [1.165, 1.54) is 16.7 Å². The van der Waals surface area contributed by atoms with Gasteiger partial charge in [-0.05, 0) is 31.4 Å². The van der Waals surface area contributed by atoms with Crippen molar-refractivity contribution < 1.29 is 10.3 Å². The summed E-state index contributed by atoms with van der Waals surface area (Å²) >= 11 is 0. The van der Waals surface area contributed by atoms with Crippen molar-refractivity contribution in [2.45, 2.75) is 20.8 Å². The third-order valence-electron chi connectivity index (χ3n) is 3.54. The van der Waals surface area contributed by atoms with Gasteiger partial charge in [-0.1, -0.05) is 95.6 Å². The first-order valence-electron chi connectivity index (χ1n) is 7.99. The Bertz CT molecular complexity index is 681. The summed E-state index contributed by atoms with van der Waals surface area (Å²) in [6.07, 6.45) is 0. The Morgan fingerprint density at radius 3 is 1.24 bits per heavy atom. The van der Waals surface area contributed by atoms with Crippen molar-refractivity contribution in [1.29, 1.82) is 0 Å². The number of carbonyl (C=O) groups excluding carboxylic acids is 1. The van der Waals surface area contributed by atoms with Gasteiger partial charge in [-0.15, -0.1) is 0 Å². The summed E-state index contributed by atoms with van der Waals surface area (Å²) < 4.78 is 0. The van der Waals surface area contributed by atoms with E-state index in [0.29, 0.717) is 0 Å². The zero-order valence-electron chi connectivity index (χ0n) is 14.9. The van der Waals surface area contributed by atoms with Crippen LogP contribution in [0.3, 0.4) is 0 Å². The molecule has 0 heterocycles. The highest BCUT2D eigenvalue weighted by Gasteiger charge is 2.10. The van der Waals surface area contributed by atoms with Gasteiger partial charge in [-0.2, -0.15) is 0 Å². The number of aryl methyl sites for hydroxylation is 3. The van der Waals surface area contributed by atoms with Crippen molar-refractivity contribution in [1.82, 2.24) is 0 Å². The standard InChI is InChI=1S/C13H11OP.C9H12.H2O/c14-11-15(12-7-3-1-4-8-12)13-9-5-2-6-10-13;1-7-4-8(2)6-9(3)5-7;/h1-11H;4-6H,1-3H3;1H2. The lowest BCUT2D eigenvalue weighted by atomic mass is 10.1. The molecule has 0 radical (unpaired) electrons. The van der Waals surface area contributed by atoms with Gasteiger partial charge in [0.25, 0.3) is 0 Å². The predicted octanol–water partition coefficient (Wildman–Crippen LogP) is 4.10. The van der Waals surface area contributed by atoms with Crippen LogP contribution in [0.15, 0.2) is 78.9 Å². The molecule has 0 amide bonds. The van der Waals surface area contributed by atoms with Crippen molar-refractivity contribution in [3.63, 3.8) is 0 Å². The Balaban J connectivity index is 0.000000270. The van der Waals surface area contributed by atoms with E-state index in [-0.39, 0.29) is 5.48 Å². The van der Waals surface area contributed by atoms with Gasteiger partial charge in [0.2, 0.25) is 0 Å². The zero-order valence-corrected chi connectivity index (χ0v) is 15.8. The molecule has 0 aliphatic heterocycles. The summed E-state index contributed by atoms with van der Waals surface area (Å²) in [6.45, 7) is 6.38. The molecule has 130 valence electrons. The van der Waals surface area contributed by atoms with Gasteiger partial charge in [0.05, 0.1) is 0 Å². The molecule has 0 aliphatic rings. The van der Waals surface area contributed by atoms with E-state index in [4.69, 9.17) is 0 Å². The molecule has 2 nitrogen and oxygen atoms in total. The Hall–Kier alpha value is -2.28. The van der Waals surface area contributed by atoms with E-state index < -0.39 is 7.92 Å². The first-order valence-corrected chi connectivity index (χ1v) is 9.41. The summed E-state index contributed by atoms with van der Waals surface area (Å²) in [5, 5.41) is 2.21. The van der Waals surface area contributed by atoms with Crippen LogP contribution in [-0.4, -0.2) is 11.5 Å². The summed E-state index contributed by atoms with van der Waals surface area (Å²) in [7, 11) is -0.829. The Labute approximate surface area is 151 Å². The summed E-state index contributed by atoms with van der Waals surface area (Å²) in [4.78, 5) is 11.1. The largest absolute Gasteiger partial charge is 0.412 e. The van der Waals surface area contributed by atoms with Crippen LogP contribution < -0.4 is 10.6 Å². The molecule has 3 aromatic carbocycles. The maximum atomic E-state index is 11.1. The van der Waals surface area contributed by atoms with E-state index in [9.17, 15) is 4.79 Å². The van der Waals surface area contributed by atoms with Crippen LogP contribution >= 0.6 is 7.92 Å². The number of rotatable bonds is 3. The van der Waals surface area contributed by atoms with Crippen LogP contribution in [0.25, 0.3) is 0 Å². The van der Waals surface area contributed by atoms with Crippen molar-refractivity contribution in [2.24, 2.45) is 0 Å². The Morgan fingerprint density at radius 1 is 0.640 bits per heavy atom. The van der Waals surface area contributed by atoms with Crippen LogP contribution in [-0.2, 0) is 4.79 Å². The molecular formula is C22H25O2P. The predicted molar refractivity (Wildman–Crippen MR) is 110 cm³/mol. The lowest BCUT2D eigenvalue weighted by Crippen LogP contribution is -2.11. The second-order valence-electron chi connectivity index (χ2n) is 5.81. The Kier molecular flexibility index (Phi) is 8.77. The maximum absolute atomic E-state index is 11.1. The average molecular weight is 352 g/mol. The van der Waals surface area contributed by atoms with Crippen molar-refractivity contribution in [2.75, 3.05) is 0 Å². The number of hydrogen-bond donors (Lipinski definition) is 0. The summed E-state index contributed by atoms with van der Waals surface area (Å²) in [5.41, 5.74) is 4.06. The minimum absolute atomic E-state index is 0. The molecule has 0 spiro atoms. The number of benzene rings is 3. The molecule has 3 aromatic rings. The molecule has 0 bridgehead atoms. The minimum Gasteiger partial charge on any atom is -0.412 e. The second kappa shape index (κ2) is 10.6. The van der Waals surface area contributed by atoms with Gasteiger partial charge in [0, 0.05) is 7.92 Å². The number of hydrogen-bond acceptors (Lipinski definition) is 1. The van der Waals surface area contributed by atoms with E-state index in [2.05, 4.69) is 39.0 Å². The molecule has 0 aromatic heterocycles. The molecule has 0 unspecified atom stereocenters. The van der Waals surface area contributed by atoms with Crippen molar-refractivity contribution in [3.05, 3.63) is 95.6 Å². The van der Waals surface area contributed by atoms with Crippen LogP contribution in [0.1, 0.15) is 16.7 Å². The third-order valence-corrected chi connectivity index (χ3v) is 5.46. The number of carbonyl (C=O) groups is 1. The first kappa shape index (κ1) is 20.8. The molecule has 0 saturated heterocycles. The molecule has 2 N–H and O–H groups in total. The molecule has 25 heavy (non-hydrogen) atoms. The zero-order chi connectivity index (χ0) is 17.4. The van der Waals surface area contributed by atoms with E-state index >= 15 is 0 Å². The van der Waals surface area contributed by atoms with Gasteiger partial charge in [0.1, 0.15) is 0 Å². The van der Waals surface area contributed by atoms with Gasteiger partial charge in [-0.3, -0.25) is 4.79 Å². The van der Waals surface area contributed by atoms with Crippen LogP contribution in [0.5, 0.6) is 0 Å². The highest BCUT2D eigenvalue weighted by atomic mass is 31.1. The quantitative estimate of drug-likeness (QED) is 0.517. The molecule has 0 fully saturated rings. The monoisotopic (exact) mass is 352 g/mol. The van der Waals surface area contributed by atoms with Gasteiger partial charge >= 0.3 is 0 Å². The SMILES string of the molecule is Cc1cc(C)cc(C)c1.O.O=CP(c1ccccc1)c1ccccc1. The van der Waals surface area contributed by atoms with Gasteiger partial charge < -0.3 is 5.48 Å². The highest BCUT2D eigenvalue weighted by Crippen LogP contribution is 2.28. The molecule has 3 heteroatoms. The van der Waals surface area contributed by atoms with Crippen LogP contribution in [0, 0.1) is 20.8 Å². The fraction of sp³-hybridized carbons (Fsp3) is 0.136. The van der Waals surface area contributed by atoms with Gasteiger partial charge in [-0.25, -0.2) is 0 Å². The van der Waals surface area contributed by atoms with E-state index in [0.717, 1.165) is 16.6 Å². The van der Waals surface area contributed by atoms with Crippen molar-refractivity contribution >= 4 is 24.6 Å². The van der Waals surface area contributed by atoms with Crippen molar-refractivity contribution in [3.8, 4) is 0 Å². The summed E-state index contributed by atoms with van der Waals surface area (Å²) in [5.74, 6) is 0. The molecule has 3 rings (SSSR count). The topological polar surface area (TPSA) is 48.6 Å².